The van der Waals surface area contributed by atoms with Gasteiger partial charge in [-0.3, -0.25) is 24.6 Å². The fourth-order valence-corrected chi connectivity index (χ4v) is 5.96. The van der Waals surface area contributed by atoms with Gasteiger partial charge < -0.3 is 4.57 Å². The van der Waals surface area contributed by atoms with Crippen molar-refractivity contribution < 1.29 is 18.9 Å². The molecule has 0 atom stereocenters. The van der Waals surface area contributed by atoms with Crippen molar-refractivity contribution in [2.24, 2.45) is 0 Å². The maximum Gasteiger partial charge on any atom is 0.293 e. The molecule has 4 aromatic rings. The summed E-state index contributed by atoms with van der Waals surface area (Å²) in [7, 11) is 0. The van der Waals surface area contributed by atoms with Crippen LogP contribution in [-0.2, 0) is 11.3 Å². The molecule has 0 bridgehead atoms. The van der Waals surface area contributed by atoms with Crippen molar-refractivity contribution in [2.45, 2.75) is 30.2 Å². The van der Waals surface area contributed by atoms with Gasteiger partial charge in [-0.25, -0.2) is 4.39 Å². The second-order valence-corrected chi connectivity index (χ2v) is 11.0. The van der Waals surface area contributed by atoms with Crippen LogP contribution < -0.4 is 0 Å². The molecule has 2 amide bonds. The molecule has 1 saturated heterocycles. The summed E-state index contributed by atoms with van der Waals surface area (Å²) in [4.78, 5) is 39.4. The highest BCUT2D eigenvalue weighted by Crippen LogP contribution is 2.35. The van der Waals surface area contributed by atoms with E-state index < -0.39 is 4.92 Å². The SMILES string of the molecule is Cc1cc(/C=C2\SC(=O)N(Cc3ccc(F)cc3)C2=O)c(C)n1-c1ccc(Sc2ccc([N+](=O)[O-])cc2)cc1. The molecular weight excluding hydrogens is 537 g/mol. The van der Waals surface area contributed by atoms with Crippen LogP contribution in [-0.4, -0.2) is 25.5 Å². The number of aryl methyl sites for hydroxylation is 1. The average molecular weight is 560 g/mol. The van der Waals surface area contributed by atoms with Crippen molar-refractivity contribution in [1.29, 1.82) is 0 Å². The predicted molar refractivity (Wildman–Crippen MR) is 150 cm³/mol. The van der Waals surface area contributed by atoms with Crippen molar-refractivity contribution >= 4 is 46.4 Å². The highest BCUT2D eigenvalue weighted by atomic mass is 32.2. The van der Waals surface area contributed by atoms with Gasteiger partial charge in [0.1, 0.15) is 5.82 Å². The fourth-order valence-electron chi connectivity index (χ4n) is 4.32. The number of halogens is 1. The Bertz CT molecular complexity index is 1610. The number of nitrogens with zero attached hydrogens (tertiary/aromatic N) is 3. The summed E-state index contributed by atoms with van der Waals surface area (Å²) < 4.78 is 15.3. The Labute approximate surface area is 232 Å². The molecule has 0 radical (unpaired) electrons. The number of carbonyl (C=O) groups excluding carboxylic acids is 2. The molecule has 2 heterocycles. The van der Waals surface area contributed by atoms with Gasteiger partial charge in [0, 0.05) is 39.0 Å². The zero-order valence-electron chi connectivity index (χ0n) is 21.0. The lowest BCUT2D eigenvalue weighted by Crippen LogP contribution is -2.27. The molecule has 1 aliphatic heterocycles. The summed E-state index contributed by atoms with van der Waals surface area (Å²) in [5.41, 5.74) is 4.41. The summed E-state index contributed by atoms with van der Waals surface area (Å²) in [5, 5.41) is 10.5. The first kappa shape index (κ1) is 26.5. The number of non-ortho nitro benzene ring substituents is 1. The van der Waals surface area contributed by atoms with Crippen LogP contribution in [0.15, 0.2) is 93.6 Å². The molecule has 1 aromatic heterocycles. The lowest BCUT2D eigenvalue weighted by atomic mass is 10.2. The number of hydrogen-bond donors (Lipinski definition) is 0. The highest BCUT2D eigenvalue weighted by molar-refractivity contribution is 8.18. The van der Waals surface area contributed by atoms with Gasteiger partial charge in [0.05, 0.1) is 16.4 Å². The number of thioether (sulfide) groups is 1. The Balaban J connectivity index is 1.33. The molecule has 7 nitrogen and oxygen atoms in total. The third-order valence-electron chi connectivity index (χ3n) is 6.26. The van der Waals surface area contributed by atoms with E-state index in [1.54, 1.807) is 30.3 Å². The molecule has 1 aliphatic rings. The first-order valence-corrected chi connectivity index (χ1v) is 13.5. The van der Waals surface area contributed by atoms with Gasteiger partial charge in [0.25, 0.3) is 16.8 Å². The smallest absolute Gasteiger partial charge is 0.293 e. The Kier molecular flexibility index (Phi) is 7.40. The third-order valence-corrected chi connectivity index (χ3v) is 8.19. The summed E-state index contributed by atoms with van der Waals surface area (Å²) in [6.07, 6.45) is 1.74. The van der Waals surface area contributed by atoms with Crippen molar-refractivity contribution in [3.8, 4) is 5.69 Å². The molecular formula is C29H22FN3O4S2. The summed E-state index contributed by atoms with van der Waals surface area (Å²) in [6, 6.07) is 22.1. The van der Waals surface area contributed by atoms with E-state index in [1.807, 2.05) is 44.2 Å². The van der Waals surface area contributed by atoms with Crippen molar-refractivity contribution in [1.82, 2.24) is 9.47 Å². The number of amides is 2. The molecule has 39 heavy (non-hydrogen) atoms. The fraction of sp³-hybridized carbons (Fsp3) is 0.103. The molecule has 0 N–H and O–H groups in total. The van der Waals surface area contributed by atoms with E-state index in [0.29, 0.717) is 10.5 Å². The summed E-state index contributed by atoms with van der Waals surface area (Å²) in [5.74, 6) is -0.743. The summed E-state index contributed by atoms with van der Waals surface area (Å²) >= 11 is 2.41. The Morgan fingerprint density at radius 3 is 2.18 bits per heavy atom. The van der Waals surface area contributed by atoms with Crippen LogP contribution in [0.3, 0.4) is 0 Å². The van der Waals surface area contributed by atoms with E-state index in [0.717, 1.165) is 44.2 Å². The van der Waals surface area contributed by atoms with Gasteiger partial charge in [-0.2, -0.15) is 0 Å². The Morgan fingerprint density at radius 2 is 1.56 bits per heavy atom. The molecule has 1 fully saturated rings. The molecule has 5 rings (SSSR count). The van der Waals surface area contributed by atoms with Crippen LogP contribution in [0.4, 0.5) is 14.9 Å². The molecule has 0 saturated carbocycles. The van der Waals surface area contributed by atoms with Crippen molar-refractivity contribution in [3.05, 3.63) is 122 Å². The second-order valence-electron chi connectivity index (χ2n) is 8.90. The van der Waals surface area contributed by atoms with Crippen molar-refractivity contribution in [2.75, 3.05) is 0 Å². The van der Waals surface area contributed by atoms with Crippen molar-refractivity contribution in [3.63, 3.8) is 0 Å². The lowest BCUT2D eigenvalue weighted by molar-refractivity contribution is -0.384. The van der Waals surface area contributed by atoms with E-state index in [9.17, 15) is 24.1 Å². The number of rotatable bonds is 7. The third kappa shape index (κ3) is 5.67. The summed E-state index contributed by atoms with van der Waals surface area (Å²) in [6.45, 7) is 4.02. The second kappa shape index (κ2) is 10.9. The average Bonchev–Trinajstić information content (AvgIpc) is 3.34. The number of carbonyl (C=O) groups is 2. The number of nitro groups is 1. The monoisotopic (exact) mass is 559 g/mol. The van der Waals surface area contributed by atoms with Crippen LogP contribution in [0.25, 0.3) is 11.8 Å². The number of nitro benzene ring substituents is 1. The molecule has 0 unspecified atom stereocenters. The quantitative estimate of drug-likeness (QED) is 0.132. The topological polar surface area (TPSA) is 85.5 Å². The van der Waals surface area contributed by atoms with Gasteiger partial charge in [-0.05, 0) is 97.4 Å². The van der Waals surface area contributed by atoms with Gasteiger partial charge in [0.15, 0.2) is 0 Å². The molecule has 0 spiro atoms. The van der Waals surface area contributed by atoms with Crippen LogP contribution in [0.1, 0.15) is 22.5 Å². The number of aromatic nitrogens is 1. The number of hydrogen-bond acceptors (Lipinski definition) is 6. The van der Waals surface area contributed by atoms with Gasteiger partial charge in [-0.1, -0.05) is 23.9 Å². The van der Waals surface area contributed by atoms with Gasteiger partial charge in [-0.15, -0.1) is 0 Å². The normalized spacial score (nSPS) is 14.4. The Morgan fingerprint density at radius 1 is 0.949 bits per heavy atom. The minimum atomic E-state index is -0.418. The number of benzene rings is 3. The zero-order valence-corrected chi connectivity index (χ0v) is 22.6. The van der Waals surface area contributed by atoms with Gasteiger partial charge in [0.2, 0.25) is 0 Å². The maximum absolute atomic E-state index is 13.2. The molecule has 3 aromatic carbocycles. The molecule has 196 valence electrons. The van der Waals surface area contributed by atoms with E-state index in [4.69, 9.17) is 0 Å². The number of imide groups is 1. The largest absolute Gasteiger partial charge is 0.318 e. The van der Waals surface area contributed by atoms with Crippen LogP contribution in [0, 0.1) is 29.8 Å². The van der Waals surface area contributed by atoms with Gasteiger partial charge >= 0.3 is 0 Å². The minimum absolute atomic E-state index is 0.0571. The minimum Gasteiger partial charge on any atom is -0.318 e. The van der Waals surface area contributed by atoms with Crippen LogP contribution in [0.5, 0.6) is 0 Å². The predicted octanol–water partition coefficient (Wildman–Crippen LogP) is 7.53. The van der Waals surface area contributed by atoms with E-state index in [2.05, 4.69) is 4.57 Å². The zero-order chi connectivity index (χ0) is 27.7. The first-order chi connectivity index (χ1) is 18.7. The standard InChI is InChI=1S/C29H22FN3O4S2/c1-18-15-21(16-27-28(34)31(29(35)39-27)17-20-3-5-22(30)6-4-20)19(2)32(18)23-7-11-25(12-8-23)38-26-13-9-24(10-14-26)33(36)37/h3-16H,17H2,1-2H3/b27-16-. The van der Waals surface area contributed by atoms with E-state index in [1.165, 1.54) is 40.9 Å². The van der Waals surface area contributed by atoms with E-state index in [-0.39, 0.29) is 29.2 Å². The van der Waals surface area contributed by atoms with E-state index >= 15 is 0 Å². The molecule has 10 heteroatoms. The van der Waals surface area contributed by atoms with Crippen LogP contribution >= 0.6 is 23.5 Å². The maximum atomic E-state index is 13.2. The Hall–Kier alpha value is -4.15. The molecule has 0 aliphatic carbocycles. The van der Waals surface area contributed by atoms with Crippen LogP contribution in [0.2, 0.25) is 0 Å². The highest BCUT2D eigenvalue weighted by Gasteiger charge is 2.35. The lowest BCUT2D eigenvalue weighted by Gasteiger charge is -2.12. The first-order valence-electron chi connectivity index (χ1n) is 11.9.